The van der Waals surface area contributed by atoms with Gasteiger partial charge >= 0.3 is 6.09 Å². The number of carbonyl (C=O) groups is 3. The molecule has 2 atom stereocenters. The largest absolute Gasteiger partial charge is 0.446 e. The minimum absolute atomic E-state index is 0.000462. The first kappa shape index (κ1) is 35.7. The number of benzene rings is 2. The maximum absolute atomic E-state index is 13.6. The van der Waals surface area contributed by atoms with Gasteiger partial charge in [0, 0.05) is 19.6 Å². The van der Waals surface area contributed by atoms with Gasteiger partial charge < -0.3 is 26.4 Å². The molecule has 0 spiro atoms. The first-order chi connectivity index (χ1) is 22.3. The van der Waals surface area contributed by atoms with Crippen LogP contribution in [-0.2, 0) is 19.6 Å². The molecule has 3 aromatic rings. The van der Waals surface area contributed by atoms with Gasteiger partial charge in [0.1, 0.15) is 18.0 Å². The number of sulfonamides is 1. The van der Waals surface area contributed by atoms with E-state index >= 15 is 0 Å². The minimum Gasteiger partial charge on any atom is -0.446 e. The molecule has 1 saturated heterocycles. The highest BCUT2D eigenvalue weighted by Gasteiger charge is 2.33. The van der Waals surface area contributed by atoms with E-state index in [1.165, 1.54) is 33.8 Å². The van der Waals surface area contributed by atoms with Crippen molar-refractivity contribution in [3.63, 3.8) is 0 Å². The first-order valence-corrected chi connectivity index (χ1v) is 17.6. The Labute approximate surface area is 277 Å². The number of amides is 2. The Kier molecular flexibility index (Phi) is 12.2. The average Bonchev–Trinajstić information content (AvgIpc) is 3.46. The lowest BCUT2D eigenvalue weighted by Crippen LogP contribution is -2.53. The highest BCUT2D eigenvalue weighted by molar-refractivity contribution is 7.89. The second kappa shape index (κ2) is 16.1. The van der Waals surface area contributed by atoms with E-state index in [0.29, 0.717) is 18.5 Å². The molecule has 0 radical (unpaired) electrons. The quantitative estimate of drug-likeness (QED) is 0.0730. The third-order valence-electron chi connectivity index (χ3n) is 7.55. The third-order valence-corrected chi connectivity index (χ3v) is 10.5. The van der Waals surface area contributed by atoms with Crippen LogP contribution in [0, 0.1) is 17.1 Å². The molecule has 2 aromatic carbocycles. The molecule has 1 fully saturated rings. The van der Waals surface area contributed by atoms with Crippen molar-refractivity contribution in [2.24, 2.45) is 11.7 Å². The number of aromatic nitrogens is 1. The number of hydrogen-bond donors (Lipinski definition) is 5. The number of ketones is 1. The molecule has 4 rings (SSSR count). The molecule has 2 heterocycles. The first-order valence-electron chi connectivity index (χ1n) is 15.3. The van der Waals surface area contributed by atoms with E-state index in [-0.39, 0.29) is 66.3 Å². The highest BCUT2D eigenvalue weighted by Crippen LogP contribution is 2.24. The van der Waals surface area contributed by atoms with Crippen molar-refractivity contribution in [3.05, 3.63) is 59.4 Å². The van der Waals surface area contributed by atoms with Crippen LogP contribution in [-0.4, -0.2) is 79.3 Å². The molecular formula is C31H40FN7O6S2. The van der Waals surface area contributed by atoms with Crippen molar-refractivity contribution >= 4 is 55.3 Å². The number of thiazole rings is 1. The summed E-state index contributed by atoms with van der Waals surface area (Å²) in [6.07, 6.45) is -0.0861. The summed E-state index contributed by atoms with van der Waals surface area (Å²) in [5.41, 5.74) is 6.04. The molecule has 254 valence electrons. The van der Waals surface area contributed by atoms with Gasteiger partial charge in [0.05, 0.1) is 21.2 Å². The highest BCUT2D eigenvalue weighted by atomic mass is 32.2. The Morgan fingerprint density at radius 1 is 1.11 bits per heavy atom. The lowest BCUT2D eigenvalue weighted by molar-refractivity contribution is -0.124. The lowest BCUT2D eigenvalue weighted by atomic mass is 10.0. The number of fused-ring (bicyclic) bond motifs is 1. The number of guanidine groups is 1. The second-order valence-corrected chi connectivity index (χ2v) is 14.7. The van der Waals surface area contributed by atoms with Gasteiger partial charge in [-0.3, -0.25) is 15.0 Å². The smallest absolute Gasteiger partial charge is 0.408 e. The number of piperidine rings is 1. The number of Topliss-reactive ketones (excluding diaryl/α,β-unsaturated/α-hetero) is 1. The van der Waals surface area contributed by atoms with E-state index in [4.69, 9.17) is 15.9 Å². The molecule has 16 heteroatoms. The molecule has 0 unspecified atom stereocenters. The summed E-state index contributed by atoms with van der Waals surface area (Å²) >= 11 is 1.23. The van der Waals surface area contributed by atoms with E-state index in [2.05, 4.69) is 20.9 Å². The van der Waals surface area contributed by atoms with E-state index in [1.54, 1.807) is 6.07 Å². The number of alkyl carbamates (subject to hydrolysis) is 1. The van der Waals surface area contributed by atoms with Crippen LogP contribution in [0.3, 0.4) is 0 Å². The fourth-order valence-electron chi connectivity index (χ4n) is 5.19. The fraction of sp³-hybridized carbons (Fsp3) is 0.452. The summed E-state index contributed by atoms with van der Waals surface area (Å²) in [6.45, 7) is 4.23. The zero-order valence-electron chi connectivity index (χ0n) is 26.2. The molecule has 0 bridgehead atoms. The van der Waals surface area contributed by atoms with Crippen molar-refractivity contribution < 1.29 is 31.9 Å². The Hall–Kier alpha value is -4.15. The molecule has 47 heavy (non-hydrogen) atoms. The maximum atomic E-state index is 13.6. The Bertz CT molecular complexity index is 1660. The van der Waals surface area contributed by atoms with Gasteiger partial charge in [0.25, 0.3) is 0 Å². The van der Waals surface area contributed by atoms with E-state index < -0.39 is 46.0 Å². The van der Waals surface area contributed by atoms with Crippen LogP contribution in [0.5, 0.6) is 0 Å². The van der Waals surface area contributed by atoms with Gasteiger partial charge in [0.2, 0.25) is 21.7 Å². The zero-order chi connectivity index (χ0) is 34.1. The van der Waals surface area contributed by atoms with Crippen LogP contribution in [0.15, 0.2) is 53.4 Å². The Morgan fingerprint density at radius 2 is 1.83 bits per heavy atom. The molecule has 0 aliphatic carbocycles. The van der Waals surface area contributed by atoms with Crippen LogP contribution in [0.25, 0.3) is 10.2 Å². The van der Waals surface area contributed by atoms with Gasteiger partial charge in [-0.15, -0.1) is 11.3 Å². The average molecular weight is 690 g/mol. The summed E-state index contributed by atoms with van der Waals surface area (Å²) < 4.78 is 47.1. The molecule has 1 aliphatic heterocycles. The summed E-state index contributed by atoms with van der Waals surface area (Å²) in [6, 6.07) is 10.1. The maximum Gasteiger partial charge on any atom is 0.408 e. The number of para-hydroxylation sites is 1. The second-order valence-electron chi connectivity index (χ2n) is 11.7. The van der Waals surface area contributed by atoms with Crippen LogP contribution in [0.4, 0.5) is 9.18 Å². The fourth-order valence-corrected chi connectivity index (χ4v) is 7.66. The lowest BCUT2D eigenvalue weighted by Gasteiger charge is -2.31. The topological polar surface area (TPSA) is 197 Å². The molecule has 0 saturated carbocycles. The van der Waals surface area contributed by atoms with Crippen LogP contribution >= 0.6 is 11.3 Å². The monoisotopic (exact) mass is 689 g/mol. The molecule has 13 nitrogen and oxygen atoms in total. The van der Waals surface area contributed by atoms with Crippen molar-refractivity contribution in [2.45, 2.75) is 69.0 Å². The number of nitrogens with zero attached hydrogens (tertiary/aromatic N) is 2. The summed E-state index contributed by atoms with van der Waals surface area (Å²) in [5.74, 6) is -1.79. The van der Waals surface area contributed by atoms with Crippen LogP contribution in [0.2, 0.25) is 0 Å². The van der Waals surface area contributed by atoms with Gasteiger partial charge in [-0.05, 0) is 68.4 Å². The third kappa shape index (κ3) is 9.92. The van der Waals surface area contributed by atoms with Gasteiger partial charge in [-0.1, -0.05) is 32.0 Å². The summed E-state index contributed by atoms with van der Waals surface area (Å²) in [7, 11) is -3.91. The molecule has 2 amide bonds. The standard InChI is InChI=1S/C31H40FN7O6S2/c1-19(2)17-25(38-31(42)45-21-12-15-39(16-13-21)47(43,44)22-8-5-7-20(32)18-22)28(41)36-24(10-6-14-35-30(33)34)27(40)29-37-23-9-3-4-11-26(23)46-29/h3-5,7-9,11,18-19,21,24-25H,6,10,12-17H2,1-2H3,(H,36,41)(H,38,42)(H4,33,34,35)/t24-,25-/m0/s1. The van der Waals surface area contributed by atoms with E-state index in [1.807, 2.05) is 32.0 Å². The minimum atomic E-state index is -3.91. The Morgan fingerprint density at radius 3 is 2.49 bits per heavy atom. The number of nitrogens with two attached hydrogens (primary N) is 1. The predicted octanol–water partition coefficient (Wildman–Crippen LogP) is 3.36. The number of ether oxygens (including phenoxy) is 1. The van der Waals surface area contributed by atoms with Crippen molar-refractivity contribution in [2.75, 3.05) is 19.6 Å². The van der Waals surface area contributed by atoms with E-state index in [9.17, 15) is 27.2 Å². The molecule has 1 aliphatic rings. The van der Waals surface area contributed by atoms with Gasteiger partial charge in [0.15, 0.2) is 11.0 Å². The number of rotatable bonds is 14. The van der Waals surface area contributed by atoms with Crippen molar-refractivity contribution in [1.82, 2.24) is 25.2 Å². The molecule has 1 aromatic heterocycles. The number of hydrogen-bond acceptors (Lipinski definition) is 9. The van der Waals surface area contributed by atoms with Crippen LogP contribution < -0.4 is 21.7 Å². The van der Waals surface area contributed by atoms with Crippen molar-refractivity contribution in [1.29, 1.82) is 5.41 Å². The van der Waals surface area contributed by atoms with Gasteiger partial charge in [-0.2, -0.15) is 4.31 Å². The number of carbonyl (C=O) groups excluding carboxylic acids is 3. The van der Waals surface area contributed by atoms with Crippen LogP contribution in [0.1, 0.15) is 55.8 Å². The molecule has 6 N–H and O–H groups in total. The summed E-state index contributed by atoms with van der Waals surface area (Å²) in [5, 5.41) is 15.7. The Balaban J connectivity index is 1.38. The number of halogens is 1. The van der Waals surface area contributed by atoms with Crippen molar-refractivity contribution in [3.8, 4) is 0 Å². The SMILES string of the molecule is CC(C)C[C@H](NC(=O)OC1CCN(S(=O)(=O)c2cccc(F)c2)CC1)C(=O)N[C@@H](CCCNC(=N)N)C(=O)c1nc2ccccc2s1. The zero-order valence-corrected chi connectivity index (χ0v) is 27.8. The summed E-state index contributed by atoms with van der Waals surface area (Å²) in [4.78, 5) is 44.4. The molecular weight excluding hydrogens is 650 g/mol. The predicted molar refractivity (Wildman–Crippen MR) is 176 cm³/mol. The van der Waals surface area contributed by atoms with E-state index in [0.717, 1.165) is 10.8 Å². The normalized spacial score (nSPS) is 15.6. The number of nitrogens with one attached hydrogen (secondary N) is 4. The van der Waals surface area contributed by atoms with Gasteiger partial charge in [-0.25, -0.2) is 22.6 Å².